The first-order chi connectivity index (χ1) is 14.1. The number of benzene rings is 1. The van der Waals surface area contributed by atoms with Crippen LogP contribution in [0.25, 0.3) is 11.4 Å². The van der Waals surface area contributed by atoms with Crippen LogP contribution in [0.2, 0.25) is 0 Å². The molecule has 4 atom stereocenters. The molecular weight excluding hydrogens is 417 g/mol. The van der Waals surface area contributed by atoms with Gasteiger partial charge in [0.05, 0.1) is 25.3 Å². The zero-order chi connectivity index (χ0) is 20.8. The van der Waals surface area contributed by atoms with Crippen LogP contribution in [0.5, 0.6) is 0 Å². The molecule has 1 aromatic heterocycles. The van der Waals surface area contributed by atoms with Crippen LogP contribution >= 0.6 is 9.90 Å². The molecule has 2 aromatic rings. The molecular formula is C21H34N5O2PS. The molecule has 2 bridgehead atoms. The number of rotatable bonds is 6. The summed E-state index contributed by atoms with van der Waals surface area (Å²) >= 11 is 0. The van der Waals surface area contributed by atoms with Crippen molar-refractivity contribution in [3.63, 3.8) is 0 Å². The fraction of sp³-hybridized carbons (Fsp3) is 0.524. The predicted molar refractivity (Wildman–Crippen MR) is 132 cm³/mol. The minimum absolute atomic E-state index is 0. The fourth-order valence-electron chi connectivity index (χ4n) is 3.74. The standard InChI is InChI=1S/C19H25N5O2S.C2H6.H3P/c1-27(25)9-8-21-17-10-18(24-15-6-7-16(24)12-26-11-15)23-19(22-17)13-2-4-14(20)5-3-13;1-2;/h2-5,10,15-16H,6-9,11-12,20H2,1H3,(H,21,22,23);1-2H3;1H3. The number of nitrogen functional groups attached to an aromatic ring is 1. The third-order valence-electron chi connectivity index (χ3n) is 5.08. The van der Waals surface area contributed by atoms with E-state index in [0.29, 0.717) is 35.9 Å². The number of nitrogens with zero attached hydrogens (tertiary/aromatic N) is 3. The molecule has 166 valence electrons. The zero-order valence-corrected chi connectivity index (χ0v) is 20.4. The molecule has 2 aliphatic heterocycles. The van der Waals surface area contributed by atoms with Gasteiger partial charge in [-0.15, -0.1) is 0 Å². The number of anilines is 3. The highest BCUT2D eigenvalue weighted by Crippen LogP contribution is 2.34. The molecule has 0 radical (unpaired) electrons. The van der Waals surface area contributed by atoms with Gasteiger partial charge in [-0.25, -0.2) is 9.97 Å². The molecule has 4 rings (SSSR count). The van der Waals surface area contributed by atoms with Crippen molar-refractivity contribution in [2.24, 2.45) is 0 Å². The average molecular weight is 452 g/mol. The zero-order valence-electron chi connectivity index (χ0n) is 18.1. The fourth-order valence-corrected chi connectivity index (χ4v) is 4.13. The first kappa shape index (κ1) is 24.5. The second kappa shape index (κ2) is 11.6. The van der Waals surface area contributed by atoms with Crippen molar-refractivity contribution in [3.05, 3.63) is 30.3 Å². The lowest BCUT2D eigenvalue weighted by Crippen LogP contribution is -2.46. The summed E-state index contributed by atoms with van der Waals surface area (Å²) < 4.78 is 17.1. The Labute approximate surface area is 185 Å². The lowest BCUT2D eigenvalue weighted by atomic mass is 10.2. The predicted octanol–water partition coefficient (Wildman–Crippen LogP) is 2.97. The van der Waals surface area contributed by atoms with Crippen molar-refractivity contribution in [1.29, 1.82) is 0 Å². The van der Waals surface area contributed by atoms with Gasteiger partial charge in [0.2, 0.25) is 0 Å². The van der Waals surface area contributed by atoms with Crippen molar-refractivity contribution >= 4 is 38.0 Å². The Bertz CT molecular complexity index is 821. The van der Waals surface area contributed by atoms with E-state index >= 15 is 0 Å². The molecule has 3 heterocycles. The Morgan fingerprint density at radius 1 is 1.17 bits per heavy atom. The Hall–Kier alpha value is -1.76. The summed E-state index contributed by atoms with van der Waals surface area (Å²) in [6.45, 7) is 6.10. The second-order valence-electron chi connectivity index (χ2n) is 7.09. The molecule has 1 aromatic carbocycles. The molecule has 3 N–H and O–H groups in total. The second-order valence-corrected chi connectivity index (χ2v) is 8.65. The first-order valence-electron chi connectivity index (χ1n) is 10.2. The Morgan fingerprint density at radius 2 is 1.80 bits per heavy atom. The maximum Gasteiger partial charge on any atom is 0.163 e. The van der Waals surface area contributed by atoms with Gasteiger partial charge in [-0.3, -0.25) is 4.21 Å². The van der Waals surface area contributed by atoms with Gasteiger partial charge in [0.25, 0.3) is 0 Å². The highest BCUT2D eigenvalue weighted by Gasteiger charge is 2.38. The van der Waals surface area contributed by atoms with Crippen molar-refractivity contribution in [2.75, 3.05) is 47.7 Å². The van der Waals surface area contributed by atoms with Crippen molar-refractivity contribution in [1.82, 2.24) is 9.97 Å². The SMILES string of the molecule is CC.CS(=O)CCNc1cc(N2C3CCC2COC3)nc(-c2ccc(N)cc2)n1.P. The van der Waals surface area contributed by atoms with Gasteiger partial charge in [0.15, 0.2) is 5.82 Å². The number of nitrogens with two attached hydrogens (primary N) is 1. The van der Waals surface area contributed by atoms with Crippen LogP contribution in [0.3, 0.4) is 0 Å². The monoisotopic (exact) mass is 451 g/mol. The van der Waals surface area contributed by atoms with Gasteiger partial charge in [-0.2, -0.15) is 9.90 Å². The smallest absolute Gasteiger partial charge is 0.163 e. The van der Waals surface area contributed by atoms with Crippen molar-refractivity contribution in [2.45, 2.75) is 38.8 Å². The molecule has 2 fully saturated rings. The average Bonchev–Trinajstić information content (AvgIpc) is 2.98. The molecule has 30 heavy (non-hydrogen) atoms. The number of hydrogen-bond acceptors (Lipinski definition) is 7. The minimum Gasteiger partial charge on any atom is -0.399 e. The van der Waals surface area contributed by atoms with Gasteiger partial charge in [-0.05, 0) is 37.1 Å². The van der Waals surface area contributed by atoms with Crippen LogP contribution < -0.4 is 16.0 Å². The van der Waals surface area contributed by atoms with E-state index < -0.39 is 10.8 Å². The van der Waals surface area contributed by atoms with Gasteiger partial charge in [0, 0.05) is 46.7 Å². The van der Waals surface area contributed by atoms with Gasteiger partial charge >= 0.3 is 0 Å². The Kier molecular flexibility index (Phi) is 9.46. The van der Waals surface area contributed by atoms with Crippen LogP contribution in [-0.4, -0.2) is 58.0 Å². The summed E-state index contributed by atoms with van der Waals surface area (Å²) in [5.41, 5.74) is 7.45. The molecule has 7 nitrogen and oxygen atoms in total. The summed E-state index contributed by atoms with van der Waals surface area (Å²) in [6, 6.07) is 10.3. The van der Waals surface area contributed by atoms with Crippen LogP contribution in [-0.2, 0) is 15.5 Å². The number of morpholine rings is 1. The van der Waals surface area contributed by atoms with Crippen molar-refractivity contribution in [3.8, 4) is 11.4 Å². The van der Waals surface area contributed by atoms with Gasteiger partial charge in [-0.1, -0.05) is 13.8 Å². The summed E-state index contributed by atoms with van der Waals surface area (Å²) in [5.74, 6) is 2.92. The minimum atomic E-state index is -0.841. The molecule has 0 spiro atoms. The van der Waals surface area contributed by atoms with Crippen LogP contribution in [0.15, 0.2) is 30.3 Å². The van der Waals surface area contributed by atoms with E-state index in [1.54, 1.807) is 6.26 Å². The van der Waals surface area contributed by atoms with E-state index in [-0.39, 0.29) is 9.90 Å². The molecule has 0 amide bonds. The van der Waals surface area contributed by atoms with E-state index in [2.05, 4.69) is 15.2 Å². The molecule has 0 aliphatic carbocycles. The summed E-state index contributed by atoms with van der Waals surface area (Å²) in [7, 11) is -0.841. The Morgan fingerprint density at radius 3 is 2.40 bits per heavy atom. The molecule has 9 heteroatoms. The van der Waals surface area contributed by atoms with E-state index in [0.717, 1.165) is 43.3 Å². The number of aromatic nitrogens is 2. The topological polar surface area (TPSA) is 93.4 Å². The van der Waals surface area contributed by atoms with E-state index in [4.69, 9.17) is 15.5 Å². The third kappa shape index (κ3) is 5.90. The van der Waals surface area contributed by atoms with Gasteiger partial charge < -0.3 is 20.7 Å². The van der Waals surface area contributed by atoms with Gasteiger partial charge in [0.1, 0.15) is 11.6 Å². The van der Waals surface area contributed by atoms with Crippen molar-refractivity contribution < 1.29 is 8.95 Å². The lowest BCUT2D eigenvalue weighted by Gasteiger charge is -2.35. The summed E-state index contributed by atoms with van der Waals surface area (Å²) in [6.07, 6.45) is 3.96. The first-order valence-corrected chi connectivity index (χ1v) is 12.0. The quantitative estimate of drug-likeness (QED) is 0.515. The maximum atomic E-state index is 11.4. The highest BCUT2D eigenvalue weighted by atomic mass is 32.2. The summed E-state index contributed by atoms with van der Waals surface area (Å²) in [5, 5.41) is 3.30. The van der Waals surface area contributed by atoms with Crippen LogP contribution in [0.4, 0.5) is 17.3 Å². The van der Waals surface area contributed by atoms with E-state index in [1.165, 1.54) is 0 Å². The van der Waals surface area contributed by atoms with E-state index in [9.17, 15) is 4.21 Å². The number of fused-ring (bicyclic) bond motifs is 2. The largest absolute Gasteiger partial charge is 0.399 e. The third-order valence-corrected chi connectivity index (χ3v) is 5.86. The summed E-state index contributed by atoms with van der Waals surface area (Å²) in [4.78, 5) is 11.9. The maximum absolute atomic E-state index is 11.4. The normalized spacial score (nSPS) is 20.6. The van der Waals surface area contributed by atoms with Crippen LogP contribution in [0, 0.1) is 0 Å². The van der Waals surface area contributed by atoms with E-state index in [1.807, 2.05) is 44.2 Å². The van der Waals surface area contributed by atoms with Crippen LogP contribution in [0.1, 0.15) is 26.7 Å². The molecule has 2 saturated heterocycles. The molecule has 2 aliphatic rings. The number of nitrogens with one attached hydrogen (secondary N) is 1. The molecule has 4 unspecified atom stereocenters. The Balaban J connectivity index is 0.00000104. The number of ether oxygens (including phenoxy) is 1. The number of hydrogen-bond donors (Lipinski definition) is 2. The highest BCUT2D eigenvalue weighted by molar-refractivity contribution is 7.84. The molecule has 0 saturated carbocycles. The lowest BCUT2D eigenvalue weighted by molar-refractivity contribution is 0.0902.